The molecule has 0 unspecified atom stereocenters. The monoisotopic (exact) mass is 743 g/mol. The quantitative estimate of drug-likeness (QED) is 0.171. The van der Waals surface area contributed by atoms with Crippen molar-refractivity contribution in [3.8, 4) is 0 Å². The zero-order valence-corrected chi connectivity index (χ0v) is 33.9. The van der Waals surface area contributed by atoms with Gasteiger partial charge < -0.3 is 35.0 Å². The summed E-state index contributed by atoms with van der Waals surface area (Å²) in [4.78, 5) is 72.3. The van der Waals surface area contributed by atoms with Gasteiger partial charge in [-0.05, 0) is 43.8 Å². The fraction of sp³-hybridized carbons (Fsp3) is 0.675. The number of carbonyl (C=O) groups is 5. The van der Waals surface area contributed by atoms with E-state index in [-0.39, 0.29) is 48.3 Å². The fourth-order valence-electron chi connectivity index (χ4n) is 7.31. The summed E-state index contributed by atoms with van der Waals surface area (Å²) in [5.74, 6) is -3.44. The van der Waals surface area contributed by atoms with Crippen LogP contribution in [-0.2, 0) is 39.9 Å². The molecule has 0 radical (unpaired) electrons. The second-order valence-electron chi connectivity index (χ2n) is 15.2. The minimum atomic E-state index is -1.15. The van der Waals surface area contributed by atoms with E-state index in [1.807, 2.05) is 84.8 Å². The molecule has 8 atom stereocenters. The van der Waals surface area contributed by atoms with E-state index in [0.717, 1.165) is 5.56 Å². The Morgan fingerprint density at radius 2 is 1.51 bits per heavy atom. The van der Waals surface area contributed by atoms with Gasteiger partial charge in [0.25, 0.3) is 0 Å². The van der Waals surface area contributed by atoms with E-state index in [1.54, 1.807) is 35.9 Å². The molecule has 2 rings (SSSR count). The highest BCUT2D eigenvalue weighted by Gasteiger charge is 2.41. The summed E-state index contributed by atoms with van der Waals surface area (Å²) in [6.45, 7) is 13.8. The number of carboxylic acid groups (broad SMARTS) is 1. The van der Waals surface area contributed by atoms with Crippen LogP contribution < -0.4 is 10.6 Å². The molecule has 1 aliphatic rings. The standard InChI is InChI=1S/C40H65N5O8/c1-13-26(6)35(44(10)39(49)33(24(2)3)42-38(48)34(25(4)5)43(8)9)31(52-11)23-32(46)45-21-17-20-30(45)36(53-12)27(7)37(47)41-29(40(50)51)22-28-18-15-14-16-19-28/h14-16,18-20,24-27,29,31,33-36H,13,17,21-23H2,1-12H3,(H,41,47)(H,42,48)(H,50,51)/t26-,27+,29-,31+,33-,34-,35-,36+/m0/s1. The molecular formula is C40H65N5O8. The molecule has 1 aromatic rings. The van der Waals surface area contributed by atoms with Crippen LogP contribution in [0.2, 0.25) is 0 Å². The number of carboxylic acids is 1. The molecule has 0 saturated carbocycles. The summed E-state index contributed by atoms with van der Waals surface area (Å²) in [5, 5.41) is 15.5. The van der Waals surface area contributed by atoms with Gasteiger partial charge in [-0.1, -0.05) is 91.3 Å². The number of rotatable bonds is 21. The molecule has 13 heteroatoms. The molecule has 0 bridgehead atoms. The number of benzene rings is 1. The highest BCUT2D eigenvalue weighted by Crippen LogP contribution is 2.29. The van der Waals surface area contributed by atoms with Crippen molar-refractivity contribution in [2.75, 3.05) is 41.9 Å². The molecule has 0 aliphatic carbocycles. The van der Waals surface area contributed by atoms with Gasteiger partial charge in [-0.3, -0.25) is 24.1 Å². The summed E-state index contributed by atoms with van der Waals surface area (Å²) in [5.41, 5.74) is 1.30. The molecule has 298 valence electrons. The Kier molecular flexibility index (Phi) is 18.1. The lowest BCUT2D eigenvalue weighted by atomic mass is 9.89. The molecule has 0 spiro atoms. The van der Waals surface area contributed by atoms with E-state index in [2.05, 4.69) is 10.6 Å². The molecule has 1 aliphatic heterocycles. The van der Waals surface area contributed by atoms with E-state index >= 15 is 0 Å². The van der Waals surface area contributed by atoms with E-state index < -0.39 is 54.2 Å². The molecule has 0 aromatic heterocycles. The normalized spacial score (nSPS) is 17.7. The first kappa shape index (κ1) is 45.3. The number of methoxy groups -OCH3 is 2. The Morgan fingerprint density at radius 1 is 0.887 bits per heavy atom. The maximum atomic E-state index is 14.2. The molecule has 1 aromatic carbocycles. The van der Waals surface area contributed by atoms with Gasteiger partial charge in [-0.2, -0.15) is 0 Å². The zero-order chi connectivity index (χ0) is 40.2. The maximum absolute atomic E-state index is 14.2. The Hall–Kier alpha value is -3.81. The minimum absolute atomic E-state index is 0.0308. The topological polar surface area (TPSA) is 158 Å². The number of carbonyl (C=O) groups excluding carboxylic acids is 4. The largest absolute Gasteiger partial charge is 0.480 e. The SMILES string of the molecule is CC[C@H](C)[C@@H]([C@@H](CC(=O)N1CCC=C1[C@H](OC)[C@@H](C)C(=O)N[C@@H](Cc1ccccc1)C(=O)O)OC)N(C)C(=O)[C@@H](NC(=O)[C@H](C(C)C)N(C)C)C(C)C. The third-order valence-electron chi connectivity index (χ3n) is 10.4. The average Bonchev–Trinajstić information content (AvgIpc) is 3.59. The summed E-state index contributed by atoms with van der Waals surface area (Å²) in [6.07, 6.45) is 1.68. The molecule has 13 nitrogen and oxygen atoms in total. The van der Waals surface area contributed by atoms with Crippen molar-refractivity contribution >= 4 is 29.6 Å². The first-order chi connectivity index (χ1) is 24.9. The lowest BCUT2D eigenvalue weighted by molar-refractivity contribution is -0.146. The predicted octanol–water partition coefficient (Wildman–Crippen LogP) is 3.57. The molecule has 53 heavy (non-hydrogen) atoms. The van der Waals surface area contributed by atoms with Crippen molar-refractivity contribution in [1.29, 1.82) is 0 Å². The van der Waals surface area contributed by atoms with Crippen LogP contribution in [0.4, 0.5) is 0 Å². The van der Waals surface area contributed by atoms with Crippen LogP contribution in [0.1, 0.15) is 73.3 Å². The Balaban J connectivity index is 2.28. The van der Waals surface area contributed by atoms with E-state index in [0.29, 0.717) is 25.1 Å². The van der Waals surface area contributed by atoms with Gasteiger partial charge in [-0.25, -0.2) is 4.79 Å². The number of likely N-dealkylation sites (N-methyl/N-ethyl adjacent to an activating group) is 2. The van der Waals surface area contributed by atoms with Crippen LogP contribution in [0.15, 0.2) is 42.1 Å². The minimum Gasteiger partial charge on any atom is -0.480 e. The Labute approximate surface area is 316 Å². The molecule has 0 saturated heterocycles. The molecule has 4 amide bonds. The lowest BCUT2D eigenvalue weighted by Gasteiger charge is -2.40. The van der Waals surface area contributed by atoms with Gasteiger partial charge in [0.05, 0.1) is 30.5 Å². The summed E-state index contributed by atoms with van der Waals surface area (Å²) < 4.78 is 11.8. The fourth-order valence-corrected chi connectivity index (χ4v) is 7.31. The number of ether oxygens (including phenoxy) is 2. The van der Waals surface area contributed by atoms with Crippen molar-refractivity contribution in [2.45, 2.75) is 111 Å². The van der Waals surface area contributed by atoms with Gasteiger partial charge in [0.15, 0.2) is 0 Å². The van der Waals surface area contributed by atoms with E-state index in [4.69, 9.17) is 9.47 Å². The van der Waals surface area contributed by atoms with Crippen LogP contribution in [0, 0.1) is 23.7 Å². The average molecular weight is 744 g/mol. The van der Waals surface area contributed by atoms with Crippen molar-refractivity contribution in [3.63, 3.8) is 0 Å². The second-order valence-corrected chi connectivity index (χ2v) is 15.2. The number of hydrogen-bond donors (Lipinski definition) is 3. The van der Waals surface area contributed by atoms with Crippen molar-refractivity contribution in [2.24, 2.45) is 23.7 Å². The molecular weight excluding hydrogens is 678 g/mol. The first-order valence-corrected chi connectivity index (χ1v) is 18.8. The second kappa shape index (κ2) is 21.2. The number of amides is 4. The third-order valence-corrected chi connectivity index (χ3v) is 10.4. The van der Waals surface area contributed by atoms with E-state index in [1.165, 1.54) is 14.2 Å². The van der Waals surface area contributed by atoms with Crippen molar-refractivity contribution in [3.05, 3.63) is 47.7 Å². The van der Waals surface area contributed by atoms with Gasteiger partial charge in [0.2, 0.25) is 23.6 Å². The van der Waals surface area contributed by atoms with Gasteiger partial charge >= 0.3 is 5.97 Å². The molecule has 3 N–H and O–H groups in total. The van der Waals surface area contributed by atoms with Gasteiger partial charge in [-0.15, -0.1) is 0 Å². The predicted molar refractivity (Wildman–Crippen MR) is 205 cm³/mol. The zero-order valence-electron chi connectivity index (χ0n) is 33.9. The Bertz CT molecular complexity index is 1390. The van der Waals surface area contributed by atoms with Crippen LogP contribution in [0.5, 0.6) is 0 Å². The summed E-state index contributed by atoms with van der Waals surface area (Å²) in [7, 11) is 8.37. The van der Waals surface area contributed by atoms with Gasteiger partial charge in [0, 0.05) is 39.9 Å². The lowest BCUT2D eigenvalue weighted by Crippen LogP contribution is -2.59. The van der Waals surface area contributed by atoms with Crippen LogP contribution >= 0.6 is 0 Å². The Morgan fingerprint density at radius 3 is 2.00 bits per heavy atom. The van der Waals surface area contributed by atoms with Crippen LogP contribution in [0.25, 0.3) is 0 Å². The van der Waals surface area contributed by atoms with Crippen molar-refractivity contribution in [1.82, 2.24) is 25.3 Å². The highest BCUT2D eigenvalue weighted by molar-refractivity contribution is 5.90. The summed E-state index contributed by atoms with van der Waals surface area (Å²) >= 11 is 0. The third kappa shape index (κ3) is 12.1. The van der Waals surface area contributed by atoms with E-state index in [9.17, 15) is 29.1 Å². The van der Waals surface area contributed by atoms with Gasteiger partial charge in [0.1, 0.15) is 18.2 Å². The highest BCUT2D eigenvalue weighted by atomic mass is 16.5. The molecule has 1 heterocycles. The molecule has 0 fully saturated rings. The maximum Gasteiger partial charge on any atom is 0.326 e. The van der Waals surface area contributed by atoms with Crippen LogP contribution in [-0.4, -0.2) is 128 Å². The number of hydrogen-bond acceptors (Lipinski definition) is 8. The van der Waals surface area contributed by atoms with Crippen molar-refractivity contribution < 1.29 is 38.6 Å². The number of aliphatic carboxylic acids is 1. The number of nitrogens with one attached hydrogen (secondary N) is 2. The first-order valence-electron chi connectivity index (χ1n) is 18.8. The summed E-state index contributed by atoms with van der Waals surface area (Å²) in [6, 6.07) is 6.22. The van der Waals surface area contributed by atoms with Crippen LogP contribution in [0.3, 0.4) is 0 Å². The smallest absolute Gasteiger partial charge is 0.326 e. The number of nitrogens with zero attached hydrogens (tertiary/aromatic N) is 3.